The van der Waals surface area contributed by atoms with Gasteiger partial charge in [0.1, 0.15) is 12.1 Å². The topological polar surface area (TPSA) is 134 Å². The van der Waals surface area contributed by atoms with Crippen LogP contribution in [-0.2, 0) is 19.1 Å². The number of fused-ring (bicyclic) bond motifs is 1. The van der Waals surface area contributed by atoms with Crippen molar-refractivity contribution in [3.63, 3.8) is 0 Å². The summed E-state index contributed by atoms with van der Waals surface area (Å²) >= 11 is 0. The molecule has 3 aliphatic rings. The molecule has 152 valence electrons. The van der Waals surface area contributed by atoms with E-state index in [1.54, 1.807) is 18.2 Å². The first kappa shape index (κ1) is 19.1. The van der Waals surface area contributed by atoms with Crippen molar-refractivity contribution in [3.8, 4) is 0 Å². The molecule has 0 aliphatic carbocycles. The lowest BCUT2D eigenvalue weighted by atomic mass is 10.0. The van der Waals surface area contributed by atoms with Crippen LogP contribution in [-0.4, -0.2) is 66.3 Å². The maximum Gasteiger partial charge on any atom is 0.322 e. The molecule has 29 heavy (non-hydrogen) atoms. The average Bonchev–Trinajstić information content (AvgIpc) is 3.25. The molecule has 10 nitrogen and oxygen atoms in total. The lowest BCUT2D eigenvalue weighted by molar-refractivity contribution is -0.142. The molecule has 1 unspecified atom stereocenters. The molecule has 0 saturated carbocycles. The zero-order chi connectivity index (χ0) is 20.7. The van der Waals surface area contributed by atoms with Gasteiger partial charge in [0.25, 0.3) is 11.8 Å². The SMILES string of the molecule is COC(=O)[C@@H]1C[C@@H](Nc2ccc3c(c2)C(=O)N(C2CCC(=O)NC2=O)C3=O)CN1. The number of piperidine rings is 1. The normalized spacial score (nSPS) is 26.4. The standard InChI is InChI=1S/C19H20N4O6/c1-29-19(28)13-7-10(8-20-13)21-9-2-3-11-12(6-9)18(27)23(17(11)26)14-4-5-15(24)22-16(14)25/h2-3,6,10,13-14,20-21H,4-5,7-8H2,1H3,(H,22,24,25)/t10-,13+,14?/m1/s1. The second-order valence-electron chi connectivity index (χ2n) is 7.27. The number of hydrogen-bond acceptors (Lipinski definition) is 8. The molecule has 3 atom stereocenters. The summed E-state index contributed by atoms with van der Waals surface area (Å²) < 4.78 is 4.73. The summed E-state index contributed by atoms with van der Waals surface area (Å²) in [6.45, 7) is 0.548. The summed E-state index contributed by atoms with van der Waals surface area (Å²) in [4.78, 5) is 61.5. The van der Waals surface area contributed by atoms with Crippen molar-refractivity contribution < 1.29 is 28.7 Å². The number of rotatable bonds is 4. The monoisotopic (exact) mass is 400 g/mol. The molecule has 3 heterocycles. The van der Waals surface area contributed by atoms with Crippen LogP contribution in [0.2, 0.25) is 0 Å². The third-order valence-corrected chi connectivity index (χ3v) is 5.43. The number of ether oxygens (including phenoxy) is 1. The van der Waals surface area contributed by atoms with Crippen molar-refractivity contribution >= 4 is 35.3 Å². The summed E-state index contributed by atoms with van der Waals surface area (Å²) in [5.74, 6) is -2.48. The molecule has 0 bridgehead atoms. The van der Waals surface area contributed by atoms with Gasteiger partial charge < -0.3 is 15.4 Å². The Labute approximate surface area is 165 Å². The maximum atomic E-state index is 12.8. The fourth-order valence-electron chi connectivity index (χ4n) is 3.96. The number of amides is 4. The maximum absolute atomic E-state index is 12.8. The molecule has 10 heteroatoms. The minimum absolute atomic E-state index is 0.0457. The Morgan fingerprint density at radius 3 is 2.66 bits per heavy atom. The Morgan fingerprint density at radius 1 is 1.17 bits per heavy atom. The van der Waals surface area contributed by atoms with Crippen molar-refractivity contribution in [2.75, 3.05) is 19.0 Å². The van der Waals surface area contributed by atoms with Crippen LogP contribution in [0.5, 0.6) is 0 Å². The predicted octanol–water partition coefficient (Wildman–Crippen LogP) is -0.597. The zero-order valence-corrected chi connectivity index (χ0v) is 15.7. The van der Waals surface area contributed by atoms with Gasteiger partial charge in [-0.25, -0.2) is 0 Å². The minimum Gasteiger partial charge on any atom is -0.468 e. The van der Waals surface area contributed by atoms with Crippen molar-refractivity contribution in [3.05, 3.63) is 29.3 Å². The van der Waals surface area contributed by atoms with Gasteiger partial charge >= 0.3 is 5.97 Å². The van der Waals surface area contributed by atoms with Gasteiger partial charge in [-0.05, 0) is 31.0 Å². The third-order valence-electron chi connectivity index (χ3n) is 5.43. The summed E-state index contributed by atoms with van der Waals surface area (Å²) in [5, 5.41) is 8.48. The average molecular weight is 400 g/mol. The number of nitrogens with zero attached hydrogens (tertiary/aromatic N) is 1. The fraction of sp³-hybridized carbons (Fsp3) is 0.421. The first-order chi connectivity index (χ1) is 13.9. The Hall–Kier alpha value is -3.27. The molecule has 4 amide bonds. The number of imide groups is 2. The first-order valence-electron chi connectivity index (χ1n) is 9.32. The Balaban J connectivity index is 1.50. The van der Waals surface area contributed by atoms with Crippen LogP contribution >= 0.6 is 0 Å². The van der Waals surface area contributed by atoms with E-state index in [9.17, 15) is 24.0 Å². The number of carbonyl (C=O) groups is 5. The lowest BCUT2D eigenvalue weighted by Gasteiger charge is -2.27. The molecular weight excluding hydrogens is 380 g/mol. The van der Waals surface area contributed by atoms with Crippen molar-refractivity contribution in [1.29, 1.82) is 0 Å². The molecular formula is C19H20N4O6. The molecule has 0 spiro atoms. The molecule has 1 aromatic rings. The lowest BCUT2D eigenvalue weighted by Crippen LogP contribution is -2.54. The minimum atomic E-state index is -0.989. The molecule has 1 aromatic carbocycles. The molecule has 4 rings (SSSR count). The number of hydrogen-bond donors (Lipinski definition) is 3. The van der Waals surface area contributed by atoms with Gasteiger partial charge in [-0.2, -0.15) is 0 Å². The summed E-state index contributed by atoms with van der Waals surface area (Å²) in [6, 6.07) is 3.38. The van der Waals surface area contributed by atoms with Gasteiger partial charge in [-0.3, -0.25) is 34.2 Å². The van der Waals surface area contributed by atoms with E-state index < -0.39 is 35.7 Å². The summed E-state index contributed by atoms with van der Waals surface area (Å²) in [7, 11) is 1.34. The van der Waals surface area contributed by atoms with Gasteiger partial charge in [0.05, 0.1) is 18.2 Å². The number of anilines is 1. The van der Waals surface area contributed by atoms with E-state index in [4.69, 9.17) is 4.74 Å². The van der Waals surface area contributed by atoms with Crippen LogP contribution in [0.4, 0.5) is 5.69 Å². The largest absolute Gasteiger partial charge is 0.468 e. The first-order valence-corrected chi connectivity index (χ1v) is 9.32. The van der Waals surface area contributed by atoms with E-state index in [2.05, 4.69) is 16.0 Å². The molecule has 3 N–H and O–H groups in total. The Morgan fingerprint density at radius 2 is 1.93 bits per heavy atom. The Bertz CT molecular complexity index is 929. The van der Waals surface area contributed by atoms with Gasteiger partial charge in [-0.15, -0.1) is 0 Å². The zero-order valence-electron chi connectivity index (χ0n) is 15.7. The van der Waals surface area contributed by atoms with Gasteiger partial charge in [0.15, 0.2) is 0 Å². The van der Waals surface area contributed by atoms with Gasteiger partial charge in [0, 0.05) is 24.7 Å². The quantitative estimate of drug-likeness (QED) is 0.451. The molecule has 2 fully saturated rings. The van der Waals surface area contributed by atoms with E-state index in [1.807, 2.05) is 0 Å². The summed E-state index contributed by atoms with van der Waals surface area (Å²) in [5.41, 5.74) is 1.06. The highest BCUT2D eigenvalue weighted by molar-refractivity contribution is 6.23. The van der Waals surface area contributed by atoms with Crippen LogP contribution in [0.3, 0.4) is 0 Å². The fourth-order valence-corrected chi connectivity index (χ4v) is 3.96. The molecule has 3 aliphatic heterocycles. The number of nitrogens with one attached hydrogen (secondary N) is 3. The van der Waals surface area contributed by atoms with Crippen molar-refractivity contribution in [2.45, 2.75) is 37.4 Å². The smallest absolute Gasteiger partial charge is 0.322 e. The number of esters is 1. The summed E-state index contributed by atoms with van der Waals surface area (Å²) in [6.07, 6.45) is 0.718. The number of methoxy groups -OCH3 is 1. The van der Waals surface area contributed by atoms with Gasteiger partial charge in [-0.1, -0.05) is 0 Å². The molecule has 0 aromatic heterocycles. The third kappa shape index (κ3) is 3.35. The molecule has 0 radical (unpaired) electrons. The second kappa shape index (κ2) is 7.28. The van der Waals surface area contributed by atoms with Crippen LogP contribution < -0.4 is 16.0 Å². The second-order valence-corrected chi connectivity index (χ2v) is 7.27. The Kier molecular flexibility index (Phi) is 4.79. The van der Waals surface area contributed by atoms with Crippen LogP contribution in [0.1, 0.15) is 40.0 Å². The highest BCUT2D eigenvalue weighted by Crippen LogP contribution is 2.30. The molecule has 2 saturated heterocycles. The van der Waals surface area contributed by atoms with Gasteiger partial charge in [0.2, 0.25) is 11.8 Å². The van der Waals surface area contributed by atoms with E-state index in [1.165, 1.54) is 7.11 Å². The van der Waals surface area contributed by atoms with Crippen LogP contribution in [0.15, 0.2) is 18.2 Å². The van der Waals surface area contributed by atoms with Crippen LogP contribution in [0.25, 0.3) is 0 Å². The highest BCUT2D eigenvalue weighted by atomic mass is 16.5. The number of benzene rings is 1. The van der Waals surface area contributed by atoms with Crippen molar-refractivity contribution in [1.82, 2.24) is 15.5 Å². The number of carbonyl (C=O) groups excluding carboxylic acids is 5. The highest BCUT2D eigenvalue weighted by Gasteiger charge is 2.44. The van der Waals surface area contributed by atoms with E-state index in [0.717, 1.165) is 4.90 Å². The van der Waals surface area contributed by atoms with Crippen LogP contribution in [0, 0.1) is 0 Å². The van der Waals surface area contributed by atoms with E-state index in [-0.39, 0.29) is 36.0 Å². The predicted molar refractivity (Wildman–Crippen MR) is 98.9 cm³/mol. The van der Waals surface area contributed by atoms with E-state index in [0.29, 0.717) is 18.7 Å². The van der Waals surface area contributed by atoms with Crippen molar-refractivity contribution in [2.24, 2.45) is 0 Å². The van der Waals surface area contributed by atoms with E-state index >= 15 is 0 Å².